The third-order valence-corrected chi connectivity index (χ3v) is 2.22. The van der Waals surface area contributed by atoms with Gasteiger partial charge in [-0.1, -0.05) is 6.92 Å². The van der Waals surface area contributed by atoms with Crippen molar-refractivity contribution in [1.29, 1.82) is 0 Å². The van der Waals surface area contributed by atoms with Crippen molar-refractivity contribution in [3.63, 3.8) is 0 Å². The summed E-state index contributed by atoms with van der Waals surface area (Å²) < 4.78 is 0. The molecule has 1 fully saturated rings. The van der Waals surface area contributed by atoms with Crippen molar-refractivity contribution in [3.05, 3.63) is 0 Å². The molecule has 1 saturated heterocycles. The van der Waals surface area contributed by atoms with Gasteiger partial charge in [0.2, 0.25) is 0 Å². The lowest BCUT2D eigenvalue weighted by molar-refractivity contribution is -0.139. The van der Waals surface area contributed by atoms with Crippen molar-refractivity contribution < 1.29 is 9.90 Å². The minimum absolute atomic E-state index is 0.315. The maximum Gasteiger partial charge on any atom is 0.320 e. The Morgan fingerprint density at radius 3 is 2.40 bits per heavy atom. The Morgan fingerprint density at radius 1 is 1.60 bits per heavy atom. The smallest absolute Gasteiger partial charge is 0.320 e. The highest BCUT2D eigenvalue weighted by molar-refractivity contribution is 5.73. The first-order chi connectivity index (χ1) is 4.61. The summed E-state index contributed by atoms with van der Waals surface area (Å²) in [4.78, 5) is 10.4. The summed E-state index contributed by atoms with van der Waals surface area (Å²) >= 11 is 0. The van der Waals surface area contributed by atoms with Gasteiger partial charge in [-0.15, -0.1) is 0 Å². The van der Waals surface area contributed by atoms with Gasteiger partial charge in [0.05, 0.1) is 0 Å². The molecule has 58 valence electrons. The zero-order valence-corrected chi connectivity index (χ0v) is 6.29. The topological polar surface area (TPSA) is 49.3 Å². The van der Waals surface area contributed by atoms with E-state index in [4.69, 9.17) is 5.11 Å². The van der Waals surface area contributed by atoms with Crippen molar-refractivity contribution in [2.24, 2.45) is 5.92 Å². The molecular weight excluding hydrogens is 130 g/mol. The Balaban J connectivity index is 2.49. The van der Waals surface area contributed by atoms with Gasteiger partial charge in [0.15, 0.2) is 0 Å². The molecule has 0 radical (unpaired) electrons. The van der Waals surface area contributed by atoms with Crippen LogP contribution in [0.4, 0.5) is 0 Å². The lowest BCUT2D eigenvalue weighted by Crippen LogP contribution is -2.34. The third kappa shape index (κ3) is 1.29. The van der Waals surface area contributed by atoms with Crippen molar-refractivity contribution in [3.8, 4) is 0 Å². The fourth-order valence-electron chi connectivity index (χ4n) is 1.30. The molecule has 0 aliphatic carbocycles. The zero-order valence-electron chi connectivity index (χ0n) is 6.29. The minimum atomic E-state index is -0.726. The molecule has 1 heterocycles. The van der Waals surface area contributed by atoms with Gasteiger partial charge in [0.25, 0.3) is 0 Å². The van der Waals surface area contributed by atoms with Crippen LogP contribution in [0.2, 0.25) is 0 Å². The maximum absolute atomic E-state index is 10.4. The molecule has 2 N–H and O–H groups in total. The van der Waals surface area contributed by atoms with Crippen LogP contribution >= 0.6 is 0 Å². The van der Waals surface area contributed by atoms with Crippen LogP contribution in [-0.2, 0) is 4.79 Å². The summed E-state index contributed by atoms with van der Waals surface area (Å²) in [6.45, 7) is 4.09. The van der Waals surface area contributed by atoms with E-state index in [0.717, 1.165) is 6.42 Å². The molecule has 0 aromatic rings. The van der Waals surface area contributed by atoms with Gasteiger partial charge in [-0.05, 0) is 19.3 Å². The number of carboxylic acid groups (broad SMARTS) is 1. The summed E-state index contributed by atoms with van der Waals surface area (Å²) in [6.07, 6.45) is 0.760. The van der Waals surface area contributed by atoms with Crippen LogP contribution in [0.25, 0.3) is 0 Å². The minimum Gasteiger partial charge on any atom is -0.480 e. The molecule has 3 atom stereocenters. The van der Waals surface area contributed by atoms with E-state index in [1.165, 1.54) is 0 Å². The first kappa shape index (κ1) is 7.54. The van der Waals surface area contributed by atoms with Crippen molar-refractivity contribution in [2.45, 2.75) is 32.4 Å². The number of nitrogens with one attached hydrogen (secondary N) is 1. The van der Waals surface area contributed by atoms with E-state index in [0.29, 0.717) is 12.0 Å². The van der Waals surface area contributed by atoms with Crippen LogP contribution in [0.15, 0.2) is 0 Å². The molecule has 0 aromatic carbocycles. The molecule has 1 aliphatic rings. The van der Waals surface area contributed by atoms with E-state index in [-0.39, 0.29) is 6.04 Å². The van der Waals surface area contributed by atoms with Crippen molar-refractivity contribution >= 4 is 5.97 Å². The van der Waals surface area contributed by atoms with Gasteiger partial charge in [0, 0.05) is 6.04 Å². The second kappa shape index (κ2) is 2.58. The Morgan fingerprint density at radius 2 is 2.20 bits per heavy atom. The molecule has 0 saturated carbocycles. The zero-order chi connectivity index (χ0) is 7.72. The largest absolute Gasteiger partial charge is 0.480 e. The first-order valence-corrected chi connectivity index (χ1v) is 3.60. The first-order valence-electron chi connectivity index (χ1n) is 3.60. The Bertz CT molecular complexity index is 137. The van der Waals surface area contributed by atoms with Crippen LogP contribution in [0.3, 0.4) is 0 Å². The van der Waals surface area contributed by atoms with Crippen LogP contribution in [0.5, 0.6) is 0 Å². The molecule has 0 aromatic heterocycles. The number of rotatable bonds is 1. The normalized spacial score (nSPS) is 40.0. The lowest BCUT2D eigenvalue weighted by atomic mass is 10.0. The summed E-state index contributed by atoms with van der Waals surface area (Å²) in [6, 6.07) is 0.0334. The van der Waals surface area contributed by atoms with Crippen LogP contribution in [0.1, 0.15) is 20.3 Å². The van der Waals surface area contributed by atoms with E-state index in [9.17, 15) is 4.79 Å². The second-order valence-electron chi connectivity index (χ2n) is 3.06. The summed E-state index contributed by atoms with van der Waals surface area (Å²) in [5.74, 6) is -0.239. The highest BCUT2D eigenvalue weighted by atomic mass is 16.4. The van der Waals surface area contributed by atoms with Gasteiger partial charge in [-0.3, -0.25) is 4.79 Å². The van der Waals surface area contributed by atoms with E-state index in [1.54, 1.807) is 0 Å². The number of hydrogen-bond acceptors (Lipinski definition) is 2. The lowest BCUT2D eigenvalue weighted by Gasteiger charge is -2.06. The molecule has 3 heteroatoms. The number of hydrogen-bond donors (Lipinski definition) is 2. The van der Waals surface area contributed by atoms with Crippen LogP contribution in [-0.4, -0.2) is 23.2 Å². The summed E-state index contributed by atoms with van der Waals surface area (Å²) in [5.41, 5.74) is 0. The molecular formula is C7H13NO2. The van der Waals surface area contributed by atoms with Gasteiger partial charge in [-0.2, -0.15) is 0 Å². The molecule has 0 spiro atoms. The Hall–Kier alpha value is -0.570. The summed E-state index contributed by atoms with van der Waals surface area (Å²) in [7, 11) is 0. The molecule has 3 nitrogen and oxygen atoms in total. The summed E-state index contributed by atoms with van der Waals surface area (Å²) in [5, 5.41) is 11.6. The van der Waals surface area contributed by atoms with Crippen molar-refractivity contribution in [1.82, 2.24) is 5.32 Å². The van der Waals surface area contributed by atoms with Gasteiger partial charge in [-0.25, -0.2) is 0 Å². The SMILES string of the molecule is C[C@H]1C[C@@H](C(=O)O)N[C@@H]1C. The van der Waals surface area contributed by atoms with Crippen molar-refractivity contribution in [2.75, 3.05) is 0 Å². The Labute approximate surface area is 60.4 Å². The number of aliphatic carboxylic acids is 1. The number of carbonyl (C=O) groups is 1. The van der Waals surface area contributed by atoms with Gasteiger partial charge >= 0.3 is 5.97 Å². The molecule has 1 aliphatic heterocycles. The number of carboxylic acids is 1. The third-order valence-electron chi connectivity index (χ3n) is 2.22. The molecule has 0 amide bonds. The highest BCUT2D eigenvalue weighted by Crippen LogP contribution is 2.18. The molecule has 0 bridgehead atoms. The van der Waals surface area contributed by atoms with E-state index in [2.05, 4.69) is 12.2 Å². The fourth-order valence-corrected chi connectivity index (χ4v) is 1.30. The molecule has 0 unspecified atom stereocenters. The standard InChI is InChI=1S/C7H13NO2/c1-4-3-6(7(9)10)8-5(4)2/h4-6,8H,3H2,1-2H3,(H,9,10)/t4-,5+,6-/m0/s1. The maximum atomic E-state index is 10.4. The predicted molar refractivity (Wildman–Crippen MR) is 37.8 cm³/mol. The predicted octanol–water partition coefficient (Wildman–Crippen LogP) is 0.457. The highest BCUT2D eigenvalue weighted by Gasteiger charge is 2.31. The van der Waals surface area contributed by atoms with Gasteiger partial charge in [0.1, 0.15) is 6.04 Å². The second-order valence-corrected chi connectivity index (χ2v) is 3.06. The monoisotopic (exact) mass is 143 g/mol. The average Bonchev–Trinajstić information content (AvgIpc) is 2.13. The van der Waals surface area contributed by atoms with Gasteiger partial charge < -0.3 is 10.4 Å². The average molecular weight is 143 g/mol. The molecule has 1 rings (SSSR count). The quantitative estimate of drug-likeness (QED) is 0.560. The van der Waals surface area contributed by atoms with E-state index < -0.39 is 5.97 Å². The fraction of sp³-hybridized carbons (Fsp3) is 0.857. The Kier molecular flexibility index (Phi) is 1.94. The van der Waals surface area contributed by atoms with E-state index >= 15 is 0 Å². The van der Waals surface area contributed by atoms with Crippen LogP contribution < -0.4 is 5.32 Å². The van der Waals surface area contributed by atoms with Crippen LogP contribution in [0, 0.1) is 5.92 Å². The van der Waals surface area contributed by atoms with E-state index in [1.807, 2.05) is 6.92 Å². The molecule has 10 heavy (non-hydrogen) atoms.